The Balaban J connectivity index is 1.63. The minimum absolute atomic E-state index is 0.00923. The zero-order valence-electron chi connectivity index (χ0n) is 15.0. The number of aliphatic hydroxyl groups excluding tert-OH is 1. The number of hydrogen-bond acceptors (Lipinski definition) is 4. The molecule has 5 nitrogen and oxygen atoms in total. The molecule has 1 aromatic rings. The maximum atomic E-state index is 12.5. The summed E-state index contributed by atoms with van der Waals surface area (Å²) in [7, 11) is 0. The predicted octanol–water partition coefficient (Wildman–Crippen LogP) is 2.16. The molecule has 1 aliphatic heterocycles. The second kappa shape index (κ2) is 8.30. The average Bonchev–Trinajstić information content (AvgIpc) is 3.07. The van der Waals surface area contributed by atoms with Crippen LogP contribution in [0.15, 0.2) is 30.3 Å². The van der Waals surface area contributed by atoms with E-state index in [-0.39, 0.29) is 23.4 Å². The lowest BCUT2D eigenvalue weighted by Gasteiger charge is -2.41. The van der Waals surface area contributed by atoms with Gasteiger partial charge in [-0.2, -0.15) is 0 Å². The van der Waals surface area contributed by atoms with Crippen LogP contribution in [0.4, 0.5) is 0 Å². The molecule has 0 aromatic heterocycles. The van der Waals surface area contributed by atoms with E-state index in [0.29, 0.717) is 19.8 Å². The van der Waals surface area contributed by atoms with E-state index >= 15 is 0 Å². The van der Waals surface area contributed by atoms with E-state index in [1.54, 1.807) is 0 Å². The van der Waals surface area contributed by atoms with Gasteiger partial charge in [0.25, 0.3) is 0 Å². The largest absolute Gasteiger partial charge is 0.392 e. The molecular weight excluding hydrogens is 316 g/mol. The summed E-state index contributed by atoms with van der Waals surface area (Å²) in [6.07, 6.45) is 3.72. The number of ether oxygens (including phenoxy) is 1. The van der Waals surface area contributed by atoms with Crippen molar-refractivity contribution in [3.63, 3.8) is 0 Å². The third-order valence-corrected chi connectivity index (χ3v) is 5.69. The maximum Gasteiger partial charge on any atom is 0.225 e. The minimum atomic E-state index is -0.484. The first-order valence-electron chi connectivity index (χ1n) is 9.46. The minimum Gasteiger partial charge on any atom is -0.392 e. The topological polar surface area (TPSA) is 70.6 Å². The summed E-state index contributed by atoms with van der Waals surface area (Å²) in [5, 5.41) is 16.8. The van der Waals surface area contributed by atoms with Gasteiger partial charge in [0.2, 0.25) is 5.91 Å². The van der Waals surface area contributed by atoms with Crippen molar-refractivity contribution in [2.45, 2.75) is 56.7 Å². The fourth-order valence-electron chi connectivity index (χ4n) is 4.05. The molecule has 0 radical (unpaired) electrons. The van der Waals surface area contributed by atoms with E-state index in [4.69, 9.17) is 4.74 Å². The van der Waals surface area contributed by atoms with Gasteiger partial charge in [-0.25, -0.2) is 0 Å². The Morgan fingerprint density at radius 2 is 2.00 bits per heavy atom. The molecule has 1 aliphatic carbocycles. The molecular formula is C20H30N2O3. The van der Waals surface area contributed by atoms with Crippen molar-refractivity contribution in [1.82, 2.24) is 10.6 Å². The first-order valence-corrected chi connectivity index (χ1v) is 9.46. The number of rotatable bonds is 6. The van der Waals surface area contributed by atoms with Crippen molar-refractivity contribution < 1.29 is 14.6 Å². The highest BCUT2D eigenvalue weighted by Gasteiger charge is 2.36. The second-order valence-corrected chi connectivity index (χ2v) is 7.49. The maximum absolute atomic E-state index is 12.5. The summed E-state index contributed by atoms with van der Waals surface area (Å²) in [5.41, 5.74) is 1.08. The Morgan fingerprint density at radius 3 is 2.64 bits per heavy atom. The van der Waals surface area contributed by atoms with Crippen LogP contribution in [-0.4, -0.2) is 42.4 Å². The number of carbonyl (C=O) groups is 1. The van der Waals surface area contributed by atoms with Crippen LogP contribution in [0.3, 0.4) is 0 Å². The Hall–Kier alpha value is -1.43. The van der Waals surface area contributed by atoms with Crippen molar-refractivity contribution >= 4 is 5.91 Å². The zero-order chi connectivity index (χ0) is 17.7. The predicted molar refractivity (Wildman–Crippen MR) is 97.1 cm³/mol. The number of amides is 1. The van der Waals surface area contributed by atoms with Crippen molar-refractivity contribution in [3.8, 4) is 0 Å². The lowest BCUT2D eigenvalue weighted by molar-refractivity contribution is -0.128. The van der Waals surface area contributed by atoms with Crippen LogP contribution in [-0.2, 0) is 9.53 Å². The Labute approximate surface area is 150 Å². The average molecular weight is 346 g/mol. The SMILES string of the molecule is CC(NC1(CNC(=O)C2CCCC2O)CCOCC1)c1ccccc1. The summed E-state index contributed by atoms with van der Waals surface area (Å²) in [5.74, 6) is -0.256. The molecule has 3 rings (SSSR count). The van der Waals surface area contributed by atoms with Gasteiger partial charge in [-0.15, -0.1) is 0 Å². The number of nitrogens with one attached hydrogen (secondary N) is 2. The Morgan fingerprint density at radius 1 is 1.28 bits per heavy atom. The molecule has 3 unspecified atom stereocenters. The number of carbonyl (C=O) groups excluding carboxylic acids is 1. The standard InChI is InChI=1S/C20H30N2O3/c1-15(16-6-3-2-4-7-16)22-20(10-12-25-13-11-20)14-21-19(24)17-8-5-9-18(17)23/h2-4,6-7,15,17-18,22-23H,5,8-14H2,1H3,(H,21,24). The molecule has 1 amide bonds. The van der Waals surface area contributed by atoms with E-state index in [2.05, 4.69) is 29.7 Å². The summed E-state index contributed by atoms with van der Waals surface area (Å²) in [6, 6.07) is 10.6. The molecule has 2 fully saturated rings. The van der Waals surface area contributed by atoms with Gasteiger partial charge in [-0.05, 0) is 44.6 Å². The van der Waals surface area contributed by atoms with Crippen LogP contribution >= 0.6 is 0 Å². The second-order valence-electron chi connectivity index (χ2n) is 7.49. The van der Waals surface area contributed by atoms with Crippen LogP contribution in [0.1, 0.15) is 50.6 Å². The van der Waals surface area contributed by atoms with Gasteiger partial charge in [0.05, 0.1) is 12.0 Å². The quantitative estimate of drug-likeness (QED) is 0.738. The Kier molecular flexibility index (Phi) is 6.10. The number of benzene rings is 1. The van der Waals surface area contributed by atoms with E-state index < -0.39 is 6.10 Å². The van der Waals surface area contributed by atoms with Crippen LogP contribution in [0.25, 0.3) is 0 Å². The first-order chi connectivity index (χ1) is 12.1. The molecule has 25 heavy (non-hydrogen) atoms. The zero-order valence-corrected chi connectivity index (χ0v) is 15.0. The van der Waals surface area contributed by atoms with Gasteiger partial charge in [-0.3, -0.25) is 4.79 Å². The summed E-state index contributed by atoms with van der Waals surface area (Å²) < 4.78 is 5.54. The smallest absolute Gasteiger partial charge is 0.225 e. The summed E-state index contributed by atoms with van der Waals surface area (Å²) >= 11 is 0. The van der Waals surface area contributed by atoms with Gasteiger partial charge in [0.15, 0.2) is 0 Å². The molecule has 3 atom stereocenters. The monoisotopic (exact) mass is 346 g/mol. The van der Waals surface area contributed by atoms with Crippen molar-refractivity contribution in [2.75, 3.05) is 19.8 Å². The van der Waals surface area contributed by atoms with E-state index in [1.165, 1.54) is 5.56 Å². The van der Waals surface area contributed by atoms with Crippen LogP contribution < -0.4 is 10.6 Å². The molecule has 2 aliphatic rings. The van der Waals surface area contributed by atoms with Crippen molar-refractivity contribution in [3.05, 3.63) is 35.9 Å². The number of aliphatic hydroxyl groups is 1. The van der Waals surface area contributed by atoms with E-state index in [9.17, 15) is 9.90 Å². The highest BCUT2D eigenvalue weighted by molar-refractivity contribution is 5.79. The molecule has 3 N–H and O–H groups in total. The third kappa shape index (κ3) is 4.60. The van der Waals surface area contributed by atoms with Crippen LogP contribution in [0.2, 0.25) is 0 Å². The normalized spacial score (nSPS) is 27.0. The van der Waals surface area contributed by atoms with Gasteiger partial charge in [0.1, 0.15) is 0 Å². The fourth-order valence-corrected chi connectivity index (χ4v) is 4.05. The lowest BCUT2D eigenvalue weighted by Crippen LogP contribution is -2.57. The van der Waals surface area contributed by atoms with Crippen LogP contribution in [0, 0.1) is 5.92 Å². The number of hydrogen-bond donors (Lipinski definition) is 3. The third-order valence-electron chi connectivity index (χ3n) is 5.69. The van der Waals surface area contributed by atoms with E-state index in [1.807, 2.05) is 18.2 Å². The van der Waals surface area contributed by atoms with Gasteiger partial charge in [-0.1, -0.05) is 30.3 Å². The highest BCUT2D eigenvalue weighted by Crippen LogP contribution is 2.27. The van der Waals surface area contributed by atoms with E-state index in [0.717, 1.165) is 32.1 Å². The molecule has 1 saturated carbocycles. The summed E-state index contributed by atoms with van der Waals surface area (Å²) in [4.78, 5) is 12.5. The Bertz CT molecular complexity index is 557. The lowest BCUT2D eigenvalue weighted by atomic mass is 9.87. The molecule has 0 spiro atoms. The van der Waals surface area contributed by atoms with Crippen molar-refractivity contribution in [1.29, 1.82) is 0 Å². The first kappa shape index (κ1) is 18.4. The molecule has 138 valence electrons. The highest BCUT2D eigenvalue weighted by atomic mass is 16.5. The fraction of sp³-hybridized carbons (Fsp3) is 0.650. The molecule has 1 aromatic carbocycles. The molecule has 1 saturated heterocycles. The molecule has 5 heteroatoms. The van der Waals surface area contributed by atoms with Gasteiger partial charge >= 0.3 is 0 Å². The summed E-state index contributed by atoms with van der Waals surface area (Å²) in [6.45, 7) is 4.15. The van der Waals surface area contributed by atoms with Crippen LogP contribution in [0.5, 0.6) is 0 Å². The molecule has 0 bridgehead atoms. The molecule has 1 heterocycles. The van der Waals surface area contributed by atoms with Gasteiger partial charge < -0.3 is 20.5 Å². The van der Waals surface area contributed by atoms with Crippen molar-refractivity contribution in [2.24, 2.45) is 5.92 Å². The van der Waals surface area contributed by atoms with Gasteiger partial charge in [0, 0.05) is 31.3 Å².